The van der Waals surface area contributed by atoms with Crippen LogP contribution < -0.4 is 0 Å². The first kappa shape index (κ1) is 16.2. The zero-order chi connectivity index (χ0) is 16.0. The first-order chi connectivity index (χ1) is 10.4. The third-order valence-corrected chi connectivity index (χ3v) is 3.94. The zero-order valence-electron chi connectivity index (χ0n) is 12.4. The van der Waals surface area contributed by atoms with E-state index >= 15 is 0 Å². The monoisotopic (exact) mass is 318 g/mol. The fourth-order valence-corrected chi connectivity index (χ4v) is 2.83. The van der Waals surface area contributed by atoms with E-state index in [0.29, 0.717) is 24.2 Å². The summed E-state index contributed by atoms with van der Waals surface area (Å²) in [6.07, 6.45) is 1.84. The molecule has 5 heteroatoms. The topological polar surface area (TPSA) is 60.4 Å². The molecule has 2 aromatic carbocycles. The molecule has 0 unspecified atom stereocenters. The summed E-state index contributed by atoms with van der Waals surface area (Å²) in [5.41, 5.74) is 2.19. The van der Waals surface area contributed by atoms with Gasteiger partial charge in [0.1, 0.15) is 0 Å². The van der Waals surface area contributed by atoms with Crippen LogP contribution >= 0.6 is 0 Å². The Morgan fingerprint density at radius 1 is 0.955 bits per heavy atom. The highest BCUT2D eigenvalue weighted by Gasteiger charge is 2.09. The molecule has 22 heavy (non-hydrogen) atoms. The normalized spacial score (nSPS) is 11.1. The van der Waals surface area contributed by atoms with Crippen molar-refractivity contribution in [1.82, 2.24) is 0 Å². The Balaban J connectivity index is 1.87. The molecule has 0 aliphatic heterocycles. The molecule has 0 spiro atoms. The molecule has 0 aromatic heterocycles. The van der Waals surface area contributed by atoms with E-state index in [-0.39, 0.29) is 5.75 Å². The lowest BCUT2D eigenvalue weighted by molar-refractivity contribution is 0.0509. The minimum atomic E-state index is -3.07. The summed E-state index contributed by atoms with van der Waals surface area (Å²) in [5, 5.41) is 0. The Morgan fingerprint density at radius 3 is 2.18 bits per heavy atom. The van der Waals surface area contributed by atoms with Crippen molar-refractivity contribution in [2.45, 2.75) is 12.2 Å². The van der Waals surface area contributed by atoms with Crippen LogP contribution in [0.3, 0.4) is 0 Å². The molecule has 0 saturated carbocycles. The van der Waals surface area contributed by atoms with E-state index < -0.39 is 15.8 Å². The molecule has 0 saturated heterocycles. The van der Waals surface area contributed by atoms with Gasteiger partial charge in [0.05, 0.1) is 17.9 Å². The van der Waals surface area contributed by atoms with Crippen molar-refractivity contribution in [2.24, 2.45) is 0 Å². The first-order valence-corrected chi connectivity index (χ1v) is 8.98. The van der Waals surface area contributed by atoms with Crippen LogP contribution in [-0.2, 0) is 26.7 Å². The summed E-state index contributed by atoms with van der Waals surface area (Å²) in [6.45, 7) is 0.313. The molecule has 0 aliphatic rings. The van der Waals surface area contributed by atoms with Crippen molar-refractivity contribution >= 4 is 15.8 Å². The number of ether oxygens (including phenoxy) is 1. The number of rotatable bonds is 6. The summed E-state index contributed by atoms with van der Waals surface area (Å²) < 4.78 is 27.6. The highest BCUT2D eigenvalue weighted by molar-refractivity contribution is 7.89. The summed E-state index contributed by atoms with van der Waals surface area (Å²) in [6, 6.07) is 16.2. The lowest BCUT2D eigenvalue weighted by Gasteiger charge is -2.06. The lowest BCUT2D eigenvalue weighted by Crippen LogP contribution is -2.08. The van der Waals surface area contributed by atoms with Crippen molar-refractivity contribution in [1.29, 1.82) is 0 Å². The average Bonchev–Trinajstić information content (AvgIpc) is 2.47. The van der Waals surface area contributed by atoms with E-state index in [2.05, 4.69) is 0 Å². The van der Waals surface area contributed by atoms with Crippen molar-refractivity contribution in [2.75, 3.05) is 12.9 Å². The molecular formula is C17H18O4S. The molecule has 2 aromatic rings. The summed E-state index contributed by atoms with van der Waals surface area (Å²) in [4.78, 5) is 11.9. The molecule has 116 valence electrons. The zero-order valence-corrected chi connectivity index (χ0v) is 13.2. The molecule has 0 N–H and O–H groups in total. The van der Waals surface area contributed by atoms with E-state index in [1.54, 1.807) is 24.3 Å². The Bertz CT molecular complexity index is 719. The van der Waals surface area contributed by atoms with Crippen LogP contribution in [0, 0.1) is 0 Å². The predicted molar refractivity (Wildman–Crippen MR) is 85.4 cm³/mol. The maximum atomic E-state index is 11.9. The molecular weight excluding hydrogens is 300 g/mol. The first-order valence-electron chi connectivity index (χ1n) is 6.92. The fraction of sp³-hybridized carbons (Fsp3) is 0.235. The van der Waals surface area contributed by atoms with Gasteiger partial charge in [0.2, 0.25) is 0 Å². The second-order valence-corrected chi connectivity index (χ2v) is 7.28. The number of sulfone groups is 1. The Hall–Kier alpha value is -2.14. The molecule has 0 radical (unpaired) electrons. The predicted octanol–water partition coefficient (Wildman–Crippen LogP) is 2.63. The van der Waals surface area contributed by atoms with Crippen LogP contribution in [0.5, 0.6) is 0 Å². The highest BCUT2D eigenvalue weighted by atomic mass is 32.2. The van der Waals surface area contributed by atoms with Crippen LogP contribution in [0.25, 0.3) is 0 Å². The van der Waals surface area contributed by atoms with Gasteiger partial charge in [-0.25, -0.2) is 13.2 Å². The van der Waals surface area contributed by atoms with E-state index in [1.807, 2.05) is 30.3 Å². The number of carbonyl (C=O) groups is 1. The van der Waals surface area contributed by atoms with Crippen LogP contribution in [0.4, 0.5) is 0 Å². The third kappa shape index (κ3) is 5.33. The number of carbonyl (C=O) groups excluding carboxylic acids is 1. The number of hydrogen-bond donors (Lipinski definition) is 0. The van der Waals surface area contributed by atoms with Crippen LogP contribution in [0.1, 0.15) is 21.5 Å². The van der Waals surface area contributed by atoms with Crippen LogP contribution in [-0.4, -0.2) is 27.2 Å². The average molecular weight is 318 g/mol. The van der Waals surface area contributed by atoms with E-state index in [1.165, 1.54) is 6.26 Å². The number of benzene rings is 2. The molecule has 0 aliphatic carbocycles. The van der Waals surface area contributed by atoms with Crippen LogP contribution in [0.15, 0.2) is 54.6 Å². The summed E-state index contributed by atoms with van der Waals surface area (Å²) >= 11 is 0. The Kier molecular flexibility index (Phi) is 5.33. The summed E-state index contributed by atoms with van der Waals surface area (Å²) in [5.74, 6) is -0.432. The number of esters is 1. The SMILES string of the molecule is CS(=O)(=O)Cc1ccc(C(=O)OCCc2ccccc2)cc1. The van der Waals surface area contributed by atoms with Crippen molar-refractivity contribution in [3.63, 3.8) is 0 Å². The second kappa shape index (κ2) is 7.22. The lowest BCUT2D eigenvalue weighted by atomic mass is 10.1. The van der Waals surface area contributed by atoms with Gasteiger partial charge < -0.3 is 4.74 Å². The van der Waals surface area contributed by atoms with Crippen LogP contribution in [0.2, 0.25) is 0 Å². The maximum absolute atomic E-state index is 11.9. The summed E-state index contributed by atoms with van der Waals surface area (Å²) in [7, 11) is -3.07. The molecule has 0 fully saturated rings. The van der Waals surface area contributed by atoms with Crippen molar-refractivity contribution < 1.29 is 17.9 Å². The smallest absolute Gasteiger partial charge is 0.338 e. The van der Waals surface area contributed by atoms with Gasteiger partial charge in [-0.3, -0.25) is 0 Å². The fourth-order valence-electron chi connectivity index (χ4n) is 2.03. The third-order valence-electron chi connectivity index (χ3n) is 3.09. The second-order valence-electron chi connectivity index (χ2n) is 5.14. The van der Waals surface area contributed by atoms with Gasteiger partial charge >= 0.3 is 5.97 Å². The van der Waals surface area contributed by atoms with Gasteiger partial charge in [-0.05, 0) is 23.3 Å². The van der Waals surface area contributed by atoms with Gasteiger partial charge in [0.25, 0.3) is 0 Å². The van der Waals surface area contributed by atoms with Gasteiger partial charge in [-0.2, -0.15) is 0 Å². The molecule has 0 amide bonds. The highest BCUT2D eigenvalue weighted by Crippen LogP contribution is 2.09. The Labute approximate surface area is 130 Å². The molecule has 0 heterocycles. The van der Waals surface area contributed by atoms with Crippen molar-refractivity contribution in [3.8, 4) is 0 Å². The Morgan fingerprint density at radius 2 is 1.59 bits per heavy atom. The molecule has 0 bridgehead atoms. The van der Waals surface area contributed by atoms with E-state index in [9.17, 15) is 13.2 Å². The van der Waals surface area contributed by atoms with Gasteiger partial charge in [0.15, 0.2) is 9.84 Å². The van der Waals surface area contributed by atoms with E-state index in [4.69, 9.17) is 4.74 Å². The minimum absolute atomic E-state index is 0.0314. The van der Waals surface area contributed by atoms with E-state index in [0.717, 1.165) is 5.56 Å². The minimum Gasteiger partial charge on any atom is -0.462 e. The number of hydrogen-bond acceptors (Lipinski definition) is 4. The maximum Gasteiger partial charge on any atom is 0.338 e. The quantitative estimate of drug-likeness (QED) is 0.768. The molecule has 4 nitrogen and oxygen atoms in total. The van der Waals surface area contributed by atoms with Gasteiger partial charge in [-0.1, -0.05) is 42.5 Å². The largest absolute Gasteiger partial charge is 0.462 e. The van der Waals surface area contributed by atoms with Crippen molar-refractivity contribution in [3.05, 3.63) is 71.3 Å². The van der Waals surface area contributed by atoms with Gasteiger partial charge in [-0.15, -0.1) is 0 Å². The molecule has 0 atom stereocenters. The van der Waals surface area contributed by atoms with Gasteiger partial charge in [0, 0.05) is 12.7 Å². The molecule has 2 rings (SSSR count). The standard InChI is InChI=1S/C17H18O4S/c1-22(19,20)13-15-7-9-16(10-8-15)17(18)21-12-11-14-5-3-2-4-6-14/h2-10H,11-13H2,1H3.